The summed E-state index contributed by atoms with van der Waals surface area (Å²) in [6.07, 6.45) is 1.82. The molecule has 0 aliphatic carbocycles. The van der Waals surface area contributed by atoms with Crippen LogP contribution in [0.15, 0.2) is 40.9 Å². The molecule has 19 heavy (non-hydrogen) atoms. The number of hydrogen-bond acceptors (Lipinski definition) is 4. The molecule has 0 saturated carbocycles. The Morgan fingerprint density at radius 3 is 3.00 bits per heavy atom. The van der Waals surface area contributed by atoms with E-state index < -0.39 is 0 Å². The molecule has 3 rings (SSSR count). The first-order valence-corrected chi connectivity index (χ1v) is 6.78. The minimum atomic E-state index is 0.529. The smallest absolute Gasteiger partial charge is 0.209 e. The summed E-state index contributed by atoms with van der Waals surface area (Å²) in [6.45, 7) is 6.13. The Labute approximate surface area is 113 Å². The Morgan fingerprint density at radius 1 is 1.37 bits per heavy atom. The van der Waals surface area contributed by atoms with Crippen LogP contribution >= 0.6 is 0 Å². The lowest BCUT2D eigenvalue weighted by atomic mass is 10.2. The highest BCUT2D eigenvalue weighted by Gasteiger charge is 2.19. The van der Waals surface area contributed by atoms with E-state index in [9.17, 15) is 0 Å². The molecule has 0 radical (unpaired) electrons. The SMILES string of the molecule is C[C@H]1CNCCN1Cc1ncc(-c2ccccc2)o1. The van der Waals surface area contributed by atoms with Crippen LogP contribution in [0.5, 0.6) is 0 Å². The van der Waals surface area contributed by atoms with Gasteiger partial charge in [0, 0.05) is 31.2 Å². The molecule has 1 saturated heterocycles. The summed E-state index contributed by atoms with van der Waals surface area (Å²) in [5, 5.41) is 3.39. The van der Waals surface area contributed by atoms with Crippen molar-refractivity contribution in [3.8, 4) is 11.3 Å². The van der Waals surface area contributed by atoms with Crippen molar-refractivity contribution in [2.45, 2.75) is 19.5 Å². The van der Waals surface area contributed by atoms with E-state index >= 15 is 0 Å². The van der Waals surface area contributed by atoms with Crippen molar-refractivity contribution in [1.29, 1.82) is 0 Å². The molecule has 0 bridgehead atoms. The second-order valence-electron chi connectivity index (χ2n) is 5.01. The minimum absolute atomic E-state index is 0.529. The minimum Gasteiger partial charge on any atom is -0.439 e. The van der Waals surface area contributed by atoms with Gasteiger partial charge in [-0.2, -0.15) is 0 Å². The quantitative estimate of drug-likeness (QED) is 0.914. The van der Waals surface area contributed by atoms with Gasteiger partial charge in [-0.1, -0.05) is 30.3 Å². The zero-order valence-corrected chi connectivity index (χ0v) is 11.2. The first kappa shape index (κ1) is 12.4. The maximum atomic E-state index is 5.85. The number of oxazole rings is 1. The summed E-state index contributed by atoms with van der Waals surface area (Å²) in [6, 6.07) is 10.6. The van der Waals surface area contributed by atoms with Crippen LogP contribution < -0.4 is 5.32 Å². The molecule has 100 valence electrons. The predicted molar refractivity (Wildman–Crippen MR) is 74.7 cm³/mol. The molecule has 1 aliphatic rings. The molecule has 1 aromatic carbocycles. The zero-order valence-electron chi connectivity index (χ0n) is 11.2. The molecule has 4 nitrogen and oxygen atoms in total. The zero-order chi connectivity index (χ0) is 13.1. The summed E-state index contributed by atoms with van der Waals surface area (Å²) in [5.41, 5.74) is 1.08. The van der Waals surface area contributed by atoms with Crippen LogP contribution in [-0.2, 0) is 6.54 Å². The number of hydrogen-bond donors (Lipinski definition) is 1. The highest BCUT2D eigenvalue weighted by Crippen LogP contribution is 2.20. The van der Waals surface area contributed by atoms with E-state index in [-0.39, 0.29) is 0 Å². The topological polar surface area (TPSA) is 41.3 Å². The molecule has 1 N–H and O–H groups in total. The Morgan fingerprint density at radius 2 is 2.21 bits per heavy atom. The van der Waals surface area contributed by atoms with Crippen molar-refractivity contribution in [2.75, 3.05) is 19.6 Å². The van der Waals surface area contributed by atoms with Crippen LogP contribution in [0.25, 0.3) is 11.3 Å². The summed E-state index contributed by atoms with van der Waals surface area (Å²) in [4.78, 5) is 6.79. The normalized spacial score (nSPS) is 20.6. The molecule has 0 amide bonds. The molecule has 1 aliphatic heterocycles. The van der Waals surface area contributed by atoms with Gasteiger partial charge in [-0.05, 0) is 6.92 Å². The number of rotatable bonds is 3. The van der Waals surface area contributed by atoms with Crippen LogP contribution in [0.4, 0.5) is 0 Å². The fraction of sp³-hybridized carbons (Fsp3) is 0.400. The third-order valence-electron chi connectivity index (χ3n) is 3.59. The third kappa shape index (κ3) is 2.85. The van der Waals surface area contributed by atoms with E-state index in [1.807, 2.05) is 36.5 Å². The van der Waals surface area contributed by atoms with Crippen molar-refractivity contribution in [3.63, 3.8) is 0 Å². The Hall–Kier alpha value is -1.65. The molecular weight excluding hydrogens is 238 g/mol. The van der Waals surface area contributed by atoms with Gasteiger partial charge in [0.15, 0.2) is 5.76 Å². The summed E-state index contributed by atoms with van der Waals surface area (Å²) in [5.74, 6) is 1.64. The van der Waals surface area contributed by atoms with Gasteiger partial charge < -0.3 is 9.73 Å². The molecular formula is C15H19N3O. The first-order chi connectivity index (χ1) is 9.33. The van der Waals surface area contributed by atoms with Gasteiger partial charge in [0.1, 0.15) is 0 Å². The van der Waals surface area contributed by atoms with Crippen LogP contribution in [0.3, 0.4) is 0 Å². The van der Waals surface area contributed by atoms with Crippen LogP contribution in [0.2, 0.25) is 0 Å². The molecule has 1 atom stereocenters. The van der Waals surface area contributed by atoms with Crippen molar-refractivity contribution in [2.24, 2.45) is 0 Å². The lowest BCUT2D eigenvalue weighted by molar-refractivity contribution is 0.151. The lowest BCUT2D eigenvalue weighted by Gasteiger charge is -2.32. The average molecular weight is 257 g/mol. The highest BCUT2D eigenvalue weighted by atomic mass is 16.4. The van der Waals surface area contributed by atoms with Gasteiger partial charge in [-0.3, -0.25) is 4.90 Å². The van der Waals surface area contributed by atoms with E-state index in [4.69, 9.17) is 4.42 Å². The van der Waals surface area contributed by atoms with Gasteiger partial charge in [-0.15, -0.1) is 0 Å². The molecule has 0 unspecified atom stereocenters. The Bertz CT molecular complexity index is 523. The summed E-state index contributed by atoms with van der Waals surface area (Å²) >= 11 is 0. The number of benzene rings is 1. The monoisotopic (exact) mass is 257 g/mol. The van der Waals surface area contributed by atoms with Crippen molar-refractivity contribution in [3.05, 3.63) is 42.4 Å². The van der Waals surface area contributed by atoms with Crippen molar-refractivity contribution >= 4 is 0 Å². The van der Waals surface area contributed by atoms with Gasteiger partial charge in [-0.25, -0.2) is 4.98 Å². The highest BCUT2D eigenvalue weighted by molar-refractivity contribution is 5.55. The average Bonchev–Trinajstić information content (AvgIpc) is 2.91. The number of nitrogens with zero attached hydrogens (tertiary/aromatic N) is 2. The second-order valence-corrected chi connectivity index (χ2v) is 5.01. The predicted octanol–water partition coefficient (Wildman–Crippen LogP) is 2.14. The van der Waals surface area contributed by atoms with Gasteiger partial charge in [0.05, 0.1) is 12.7 Å². The van der Waals surface area contributed by atoms with E-state index in [1.54, 1.807) is 0 Å². The Kier molecular flexibility index (Phi) is 3.62. The molecule has 2 aromatic rings. The van der Waals surface area contributed by atoms with Gasteiger partial charge >= 0.3 is 0 Å². The molecule has 2 heterocycles. The summed E-state index contributed by atoms with van der Waals surface area (Å²) < 4.78 is 5.85. The van der Waals surface area contributed by atoms with Crippen LogP contribution in [0.1, 0.15) is 12.8 Å². The van der Waals surface area contributed by atoms with Gasteiger partial charge in [0.25, 0.3) is 0 Å². The maximum absolute atomic E-state index is 5.85. The molecule has 1 fully saturated rings. The maximum Gasteiger partial charge on any atom is 0.209 e. The Balaban J connectivity index is 1.71. The van der Waals surface area contributed by atoms with Gasteiger partial charge in [0.2, 0.25) is 5.89 Å². The van der Waals surface area contributed by atoms with Crippen LogP contribution in [0, 0.1) is 0 Å². The number of piperazine rings is 1. The fourth-order valence-corrected chi connectivity index (χ4v) is 2.41. The van der Waals surface area contributed by atoms with E-state index in [1.165, 1.54) is 0 Å². The fourth-order valence-electron chi connectivity index (χ4n) is 2.41. The van der Waals surface area contributed by atoms with Crippen molar-refractivity contribution < 1.29 is 4.42 Å². The first-order valence-electron chi connectivity index (χ1n) is 6.78. The second kappa shape index (κ2) is 5.55. The largest absolute Gasteiger partial charge is 0.439 e. The van der Waals surface area contributed by atoms with Crippen molar-refractivity contribution in [1.82, 2.24) is 15.2 Å². The molecule has 4 heteroatoms. The van der Waals surface area contributed by atoms with E-state index in [0.29, 0.717) is 6.04 Å². The van der Waals surface area contributed by atoms with Crippen LogP contribution in [-0.4, -0.2) is 35.6 Å². The lowest BCUT2D eigenvalue weighted by Crippen LogP contribution is -2.49. The van der Waals surface area contributed by atoms with E-state index in [0.717, 1.165) is 43.4 Å². The number of aromatic nitrogens is 1. The summed E-state index contributed by atoms with van der Waals surface area (Å²) in [7, 11) is 0. The molecule has 1 aromatic heterocycles. The molecule has 0 spiro atoms. The number of nitrogens with one attached hydrogen (secondary N) is 1. The van der Waals surface area contributed by atoms with E-state index in [2.05, 4.69) is 22.1 Å². The standard InChI is InChI=1S/C15H19N3O/c1-12-9-16-7-8-18(12)11-15-17-10-14(19-15)13-5-3-2-4-6-13/h2-6,10,12,16H,7-9,11H2,1H3/t12-/m0/s1. The third-order valence-corrected chi connectivity index (χ3v) is 3.59.